The molecule has 0 saturated carbocycles. The van der Waals surface area contributed by atoms with Gasteiger partial charge in [0.25, 0.3) is 10.0 Å². The van der Waals surface area contributed by atoms with E-state index in [9.17, 15) is 13.2 Å². The minimum atomic E-state index is -4.47. The number of anilines is 1. The molecule has 4 rings (SSSR count). The van der Waals surface area contributed by atoms with Crippen molar-refractivity contribution in [1.82, 2.24) is 25.1 Å². The summed E-state index contributed by atoms with van der Waals surface area (Å²) in [4.78, 5) is 25.9. The Hall–Kier alpha value is -4.39. The van der Waals surface area contributed by atoms with Crippen LogP contribution in [0.25, 0.3) is 22.7 Å². The Bertz CT molecular complexity index is 1490. The van der Waals surface area contributed by atoms with E-state index in [0.717, 1.165) is 12.6 Å². The van der Waals surface area contributed by atoms with E-state index < -0.39 is 16.1 Å². The molecule has 0 atom stereocenters. The van der Waals surface area contributed by atoms with E-state index in [1.807, 2.05) is 13.8 Å². The number of pyridine rings is 1. The summed E-state index contributed by atoms with van der Waals surface area (Å²) in [5, 5.41) is 7.61. The van der Waals surface area contributed by atoms with Gasteiger partial charge in [0, 0.05) is 29.7 Å². The van der Waals surface area contributed by atoms with E-state index in [4.69, 9.17) is 13.9 Å². The number of hydrogen-bond donors (Lipinski definition) is 0. The molecule has 1 aromatic carbocycles. The van der Waals surface area contributed by atoms with Crippen LogP contribution in [0, 0.1) is 12.8 Å². The molecule has 13 heteroatoms. The Balaban J connectivity index is 1.99. The van der Waals surface area contributed by atoms with Crippen LogP contribution in [-0.4, -0.2) is 53.4 Å². The maximum atomic E-state index is 13.8. The van der Waals surface area contributed by atoms with E-state index in [-0.39, 0.29) is 46.1 Å². The normalized spacial score (nSPS) is 11.4. The fourth-order valence-corrected chi connectivity index (χ4v) is 4.67. The summed E-state index contributed by atoms with van der Waals surface area (Å²) in [6, 6.07) is 7.33. The van der Waals surface area contributed by atoms with Crippen LogP contribution in [0.3, 0.4) is 0 Å². The second kappa shape index (κ2) is 10.7. The number of carbonyl (C=O) groups excluding carboxylic acids is 1. The molecule has 3 aromatic heterocycles. The largest absolute Gasteiger partial charge is 0.479 e. The summed E-state index contributed by atoms with van der Waals surface area (Å²) in [6.45, 7) is 5.41. The van der Waals surface area contributed by atoms with Crippen molar-refractivity contribution in [1.29, 1.82) is 0 Å². The summed E-state index contributed by atoms with van der Waals surface area (Å²) in [5.74, 6) is 0.267. The molecule has 0 aliphatic heterocycles. The predicted octanol–water partition coefficient (Wildman–Crippen LogP) is 3.89. The number of carbonyl (C=O) groups is 1. The van der Waals surface area contributed by atoms with Crippen LogP contribution in [0.4, 0.5) is 10.5 Å². The Kier molecular flexibility index (Phi) is 7.43. The third kappa shape index (κ3) is 5.40. The van der Waals surface area contributed by atoms with Gasteiger partial charge in [0.2, 0.25) is 18.2 Å². The smallest absolute Gasteiger partial charge is 0.428 e. The van der Waals surface area contributed by atoms with Gasteiger partial charge in [0.15, 0.2) is 0 Å². The Labute approximate surface area is 213 Å². The molecule has 0 bridgehead atoms. The van der Waals surface area contributed by atoms with E-state index >= 15 is 0 Å². The Morgan fingerprint density at radius 2 is 2.00 bits per heavy atom. The number of amides is 1. The molecule has 0 fully saturated rings. The van der Waals surface area contributed by atoms with Crippen molar-refractivity contribution in [3.05, 3.63) is 61.0 Å². The quantitative estimate of drug-likeness (QED) is 0.330. The molecule has 0 saturated heterocycles. The fourth-order valence-electron chi connectivity index (χ4n) is 3.34. The van der Waals surface area contributed by atoms with Crippen LogP contribution in [0.5, 0.6) is 5.88 Å². The number of ether oxygens (including phenoxy) is 2. The number of nitrogens with zero attached hydrogens (tertiary/aromatic N) is 6. The zero-order valence-corrected chi connectivity index (χ0v) is 21.3. The molecule has 12 nitrogen and oxygen atoms in total. The summed E-state index contributed by atoms with van der Waals surface area (Å²) in [5.41, 5.74) is 1.38. The topological polar surface area (TPSA) is 150 Å². The first-order valence-electron chi connectivity index (χ1n) is 11.1. The predicted molar refractivity (Wildman–Crippen MR) is 132 cm³/mol. The molecule has 0 radical (unpaired) electrons. The van der Waals surface area contributed by atoms with Gasteiger partial charge in [-0.05, 0) is 43.2 Å². The highest BCUT2D eigenvalue weighted by Crippen LogP contribution is 2.39. The lowest BCUT2D eigenvalue weighted by molar-refractivity contribution is 0.144. The average Bonchev–Trinajstić information content (AvgIpc) is 3.43. The third-order valence-electron chi connectivity index (χ3n) is 5.01. The summed E-state index contributed by atoms with van der Waals surface area (Å²) in [6.07, 6.45) is 4.15. The van der Waals surface area contributed by atoms with Gasteiger partial charge in [0.1, 0.15) is 10.6 Å². The van der Waals surface area contributed by atoms with Crippen molar-refractivity contribution in [2.75, 3.05) is 18.0 Å². The molecule has 0 spiro atoms. The Morgan fingerprint density at radius 1 is 1.19 bits per heavy atom. The van der Waals surface area contributed by atoms with E-state index in [1.54, 1.807) is 19.1 Å². The molecular weight excluding hydrogens is 500 g/mol. The van der Waals surface area contributed by atoms with E-state index in [1.165, 1.54) is 37.7 Å². The van der Waals surface area contributed by atoms with Crippen molar-refractivity contribution < 1.29 is 27.1 Å². The van der Waals surface area contributed by atoms with Crippen molar-refractivity contribution in [2.45, 2.75) is 25.7 Å². The molecule has 0 unspecified atom stereocenters. The molecule has 3 heterocycles. The lowest BCUT2D eigenvalue weighted by Gasteiger charge is -2.25. The first kappa shape index (κ1) is 25.7. The van der Waals surface area contributed by atoms with Crippen LogP contribution in [0.1, 0.15) is 19.5 Å². The van der Waals surface area contributed by atoms with Gasteiger partial charge in [-0.2, -0.15) is 4.31 Å². The fraction of sp³-hybridized carbons (Fsp3) is 0.250. The van der Waals surface area contributed by atoms with Gasteiger partial charge in [-0.15, -0.1) is 10.2 Å². The van der Waals surface area contributed by atoms with E-state index in [2.05, 4.69) is 25.1 Å². The van der Waals surface area contributed by atoms with Crippen molar-refractivity contribution in [3.63, 3.8) is 0 Å². The monoisotopic (exact) mass is 524 g/mol. The lowest BCUT2D eigenvalue weighted by Crippen LogP contribution is -2.38. The molecule has 37 heavy (non-hydrogen) atoms. The van der Waals surface area contributed by atoms with Gasteiger partial charge in [-0.3, -0.25) is 4.98 Å². The van der Waals surface area contributed by atoms with Crippen LogP contribution in [-0.2, 0) is 14.8 Å². The number of aryl methyl sites for hydroxylation is 1. The zero-order chi connectivity index (χ0) is 26.6. The third-order valence-corrected chi connectivity index (χ3v) is 6.67. The summed E-state index contributed by atoms with van der Waals surface area (Å²) < 4.78 is 44.3. The SMILES string of the molecule is COc1nc(C)cnc1-c1cc(-c2nnco2)ccc1N(C(=O)OCC(C)C)S(=O)(=O)c1cccnc1. The number of aromatic nitrogens is 5. The number of hydrogen-bond acceptors (Lipinski definition) is 11. The number of sulfonamides is 1. The maximum absolute atomic E-state index is 13.8. The van der Waals surface area contributed by atoms with Gasteiger partial charge in [0.05, 0.1) is 25.1 Å². The minimum absolute atomic E-state index is 0.000945. The molecule has 0 aliphatic carbocycles. The zero-order valence-electron chi connectivity index (χ0n) is 20.5. The maximum Gasteiger partial charge on any atom is 0.428 e. The highest BCUT2D eigenvalue weighted by molar-refractivity contribution is 7.93. The standard InChI is InChI=1S/C24H24N6O6S/c1-15(2)13-35-24(31)30(37(32,33)18-6-5-9-25-12-18)20-8-7-17(22-29-27-14-36-22)10-19(20)21-23(34-4)28-16(3)11-26-21/h5-12,14-15H,13H2,1-4H3. The summed E-state index contributed by atoms with van der Waals surface area (Å²) in [7, 11) is -3.06. The van der Waals surface area contributed by atoms with Crippen LogP contribution >= 0.6 is 0 Å². The number of rotatable bonds is 8. The first-order valence-corrected chi connectivity index (χ1v) is 12.6. The highest BCUT2D eigenvalue weighted by Gasteiger charge is 2.36. The minimum Gasteiger partial charge on any atom is -0.479 e. The molecule has 192 valence electrons. The van der Waals surface area contributed by atoms with Crippen LogP contribution < -0.4 is 9.04 Å². The van der Waals surface area contributed by atoms with Gasteiger partial charge in [-0.25, -0.2) is 23.2 Å². The number of benzene rings is 1. The second-order valence-corrected chi connectivity index (χ2v) is 10.1. The van der Waals surface area contributed by atoms with E-state index in [0.29, 0.717) is 15.6 Å². The first-order chi connectivity index (χ1) is 17.7. The molecule has 0 aliphatic rings. The molecule has 1 amide bonds. The Morgan fingerprint density at radius 3 is 2.65 bits per heavy atom. The molecule has 0 N–H and O–H groups in total. The number of methoxy groups -OCH3 is 1. The average molecular weight is 525 g/mol. The van der Waals surface area contributed by atoms with Gasteiger partial charge < -0.3 is 13.9 Å². The van der Waals surface area contributed by atoms with Gasteiger partial charge in [-0.1, -0.05) is 13.8 Å². The van der Waals surface area contributed by atoms with Crippen molar-refractivity contribution in [3.8, 4) is 28.6 Å². The van der Waals surface area contributed by atoms with Crippen molar-refractivity contribution in [2.24, 2.45) is 5.92 Å². The second-order valence-electron chi connectivity index (χ2n) is 8.27. The molecular formula is C24H24N6O6S. The highest BCUT2D eigenvalue weighted by atomic mass is 32.2. The summed E-state index contributed by atoms with van der Waals surface area (Å²) >= 11 is 0. The molecule has 4 aromatic rings. The van der Waals surface area contributed by atoms with Crippen LogP contribution in [0.15, 0.2) is 64.6 Å². The van der Waals surface area contributed by atoms with Gasteiger partial charge >= 0.3 is 6.09 Å². The van der Waals surface area contributed by atoms with Crippen LogP contribution in [0.2, 0.25) is 0 Å². The van der Waals surface area contributed by atoms with Crippen molar-refractivity contribution >= 4 is 21.8 Å². The lowest BCUT2D eigenvalue weighted by atomic mass is 10.0.